The summed E-state index contributed by atoms with van der Waals surface area (Å²) in [5, 5.41) is 0.587. The molecule has 3 atom stereocenters. The Kier molecular flexibility index (Phi) is 3.76. The summed E-state index contributed by atoms with van der Waals surface area (Å²) in [6.45, 7) is 4.58. The van der Waals surface area contributed by atoms with Crippen LogP contribution in [0.15, 0.2) is 10.9 Å². The zero-order valence-electron chi connectivity index (χ0n) is 15.2. The number of aryl methyl sites for hydroxylation is 1. The van der Waals surface area contributed by atoms with Crippen LogP contribution >= 0.6 is 0 Å². The maximum Gasteiger partial charge on any atom is 0.254 e. The van der Waals surface area contributed by atoms with Gasteiger partial charge in [-0.1, -0.05) is 0 Å². The van der Waals surface area contributed by atoms with E-state index in [4.69, 9.17) is 0 Å². The first kappa shape index (κ1) is 16.7. The van der Waals surface area contributed by atoms with Crippen LogP contribution in [0.3, 0.4) is 0 Å². The van der Waals surface area contributed by atoms with Crippen molar-refractivity contribution in [3.63, 3.8) is 0 Å². The molecular formula is C20H24F2N2O. The fraction of sp³-hybridized carbons (Fsp3) is 0.550. The van der Waals surface area contributed by atoms with E-state index in [0.29, 0.717) is 23.8 Å². The number of benzene rings is 1. The summed E-state index contributed by atoms with van der Waals surface area (Å²) in [6.07, 6.45) is 2.58. The molecule has 1 aliphatic carbocycles. The average molecular weight is 346 g/mol. The number of hydrogen-bond acceptors (Lipinski definition) is 2. The fourth-order valence-corrected chi connectivity index (χ4v) is 4.88. The third-order valence-corrected chi connectivity index (χ3v) is 6.51. The minimum Gasteiger partial charge on any atom is -0.308 e. The van der Waals surface area contributed by atoms with E-state index < -0.39 is 11.6 Å². The molecule has 4 rings (SSSR count). The average Bonchev–Trinajstić information content (AvgIpc) is 2.57. The lowest BCUT2D eigenvalue weighted by Gasteiger charge is -2.44. The van der Waals surface area contributed by atoms with Crippen LogP contribution in [-0.2, 0) is 13.5 Å². The van der Waals surface area contributed by atoms with Crippen molar-refractivity contribution in [3.05, 3.63) is 44.7 Å². The van der Waals surface area contributed by atoms with Gasteiger partial charge in [-0.05, 0) is 63.6 Å². The highest BCUT2D eigenvalue weighted by atomic mass is 19.1. The standard InChI is InChI=1S/C20H24F2N2O/c1-10-7-14-12(9-23(10)3)5-6-13-17(14)15-8-16(21)11(2)18(22)19(15)24(4)20(13)25/h8,10,12,14H,5-7,9H2,1-4H3. The minimum atomic E-state index is -0.611. The zero-order chi connectivity index (χ0) is 18.0. The number of hydrogen-bond donors (Lipinski definition) is 0. The van der Waals surface area contributed by atoms with Gasteiger partial charge in [-0.2, -0.15) is 0 Å². The van der Waals surface area contributed by atoms with E-state index in [0.717, 1.165) is 30.5 Å². The molecule has 0 saturated carbocycles. The van der Waals surface area contributed by atoms with Crippen molar-refractivity contribution in [2.45, 2.75) is 45.1 Å². The van der Waals surface area contributed by atoms with Crippen LogP contribution in [0.1, 0.15) is 42.4 Å². The van der Waals surface area contributed by atoms with Crippen LogP contribution in [0.25, 0.3) is 10.9 Å². The maximum atomic E-state index is 14.8. The number of fused-ring (bicyclic) bond motifs is 5. The molecule has 3 unspecified atom stereocenters. The van der Waals surface area contributed by atoms with E-state index in [9.17, 15) is 13.6 Å². The lowest BCUT2D eigenvalue weighted by atomic mass is 9.69. The highest BCUT2D eigenvalue weighted by molar-refractivity contribution is 5.86. The van der Waals surface area contributed by atoms with Crippen LogP contribution in [0.2, 0.25) is 0 Å². The summed E-state index contributed by atoms with van der Waals surface area (Å²) in [5.41, 5.74) is 1.77. The van der Waals surface area contributed by atoms with E-state index in [-0.39, 0.29) is 22.6 Å². The van der Waals surface area contributed by atoms with Crippen molar-refractivity contribution in [1.29, 1.82) is 0 Å². The van der Waals surface area contributed by atoms with Gasteiger partial charge in [-0.15, -0.1) is 0 Å². The number of halogens is 2. The van der Waals surface area contributed by atoms with Crippen molar-refractivity contribution in [3.8, 4) is 0 Å². The molecule has 2 aromatic rings. The van der Waals surface area contributed by atoms with Crippen LogP contribution in [0, 0.1) is 24.5 Å². The summed E-state index contributed by atoms with van der Waals surface area (Å²) in [5.74, 6) is -0.501. The van der Waals surface area contributed by atoms with Crippen LogP contribution in [0.4, 0.5) is 8.78 Å². The van der Waals surface area contributed by atoms with E-state index in [1.807, 2.05) is 0 Å². The largest absolute Gasteiger partial charge is 0.308 e. The molecule has 3 nitrogen and oxygen atoms in total. The van der Waals surface area contributed by atoms with Gasteiger partial charge in [0.2, 0.25) is 0 Å². The summed E-state index contributed by atoms with van der Waals surface area (Å²) in [7, 11) is 3.72. The summed E-state index contributed by atoms with van der Waals surface area (Å²) in [6, 6.07) is 1.84. The van der Waals surface area contributed by atoms with E-state index in [1.54, 1.807) is 7.05 Å². The third-order valence-electron chi connectivity index (χ3n) is 6.51. The molecule has 0 bridgehead atoms. The SMILES string of the molecule is Cc1c(F)cc2c3c(c(=O)n(C)c2c1F)CCC1CN(C)C(C)CC31. The summed E-state index contributed by atoms with van der Waals surface area (Å²) in [4.78, 5) is 15.2. The van der Waals surface area contributed by atoms with Gasteiger partial charge in [-0.3, -0.25) is 4.79 Å². The molecule has 25 heavy (non-hydrogen) atoms. The van der Waals surface area contributed by atoms with Gasteiger partial charge in [0.1, 0.15) is 5.82 Å². The van der Waals surface area contributed by atoms with Crippen molar-refractivity contribution in [1.82, 2.24) is 9.47 Å². The quantitative estimate of drug-likeness (QED) is 0.730. The molecule has 1 aliphatic heterocycles. The Hall–Kier alpha value is -1.75. The predicted molar refractivity (Wildman–Crippen MR) is 95.1 cm³/mol. The summed E-state index contributed by atoms with van der Waals surface area (Å²) < 4.78 is 30.5. The number of rotatable bonds is 0. The van der Waals surface area contributed by atoms with E-state index in [1.165, 1.54) is 17.6 Å². The number of nitrogens with zero attached hydrogens (tertiary/aromatic N) is 2. The van der Waals surface area contributed by atoms with E-state index >= 15 is 0 Å². The predicted octanol–water partition coefficient (Wildman–Crippen LogP) is 3.50. The molecule has 2 heterocycles. The second-order valence-electron chi connectivity index (χ2n) is 7.88. The Morgan fingerprint density at radius 2 is 1.96 bits per heavy atom. The maximum absolute atomic E-state index is 14.8. The van der Waals surface area contributed by atoms with Gasteiger partial charge in [-0.25, -0.2) is 8.78 Å². The Bertz CT molecular complexity index is 934. The number of pyridine rings is 1. The van der Waals surface area contributed by atoms with Gasteiger partial charge in [0.05, 0.1) is 5.52 Å². The number of aromatic nitrogens is 1. The zero-order valence-corrected chi connectivity index (χ0v) is 15.2. The molecule has 1 saturated heterocycles. The smallest absolute Gasteiger partial charge is 0.254 e. The number of piperidine rings is 1. The molecule has 0 radical (unpaired) electrons. The van der Waals surface area contributed by atoms with Gasteiger partial charge < -0.3 is 9.47 Å². The van der Waals surface area contributed by atoms with Crippen molar-refractivity contribution in [2.75, 3.05) is 13.6 Å². The first-order valence-electron chi connectivity index (χ1n) is 9.01. The lowest BCUT2D eigenvalue weighted by molar-refractivity contribution is 0.117. The van der Waals surface area contributed by atoms with Crippen LogP contribution in [-0.4, -0.2) is 29.1 Å². The van der Waals surface area contributed by atoms with Crippen molar-refractivity contribution < 1.29 is 8.78 Å². The lowest BCUT2D eigenvalue weighted by Crippen LogP contribution is -2.45. The van der Waals surface area contributed by atoms with Crippen molar-refractivity contribution in [2.24, 2.45) is 13.0 Å². The first-order valence-corrected chi connectivity index (χ1v) is 9.01. The van der Waals surface area contributed by atoms with Gasteiger partial charge in [0.15, 0.2) is 5.82 Å². The second-order valence-corrected chi connectivity index (χ2v) is 7.88. The molecule has 1 fully saturated rings. The molecule has 0 spiro atoms. The number of likely N-dealkylation sites (tertiary alicyclic amines) is 1. The Morgan fingerprint density at radius 1 is 1.24 bits per heavy atom. The highest BCUT2D eigenvalue weighted by Gasteiger charge is 2.39. The Morgan fingerprint density at radius 3 is 2.68 bits per heavy atom. The van der Waals surface area contributed by atoms with E-state index in [2.05, 4.69) is 18.9 Å². The molecule has 2 aliphatic rings. The molecule has 1 aromatic carbocycles. The van der Waals surface area contributed by atoms with Gasteiger partial charge in [0, 0.05) is 36.1 Å². The topological polar surface area (TPSA) is 25.2 Å². The Labute approximate surface area is 146 Å². The monoisotopic (exact) mass is 346 g/mol. The minimum absolute atomic E-state index is 0.0217. The third kappa shape index (κ3) is 2.28. The molecule has 134 valence electrons. The molecule has 1 aromatic heterocycles. The van der Waals surface area contributed by atoms with Crippen LogP contribution in [0.5, 0.6) is 0 Å². The molecular weight excluding hydrogens is 322 g/mol. The molecule has 0 N–H and O–H groups in total. The van der Waals surface area contributed by atoms with Gasteiger partial charge in [0.25, 0.3) is 5.56 Å². The first-order chi connectivity index (χ1) is 11.8. The highest BCUT2D eigenvalue weighted by Crippen LogP contribution is 2.45. The van der Waals surface area contributed by atoms with Crippen molar-refractivity contribution >= 4 is 10.9 Å². The fourth-order valence-electron chi connectivity index (χ4n) is 4.88. The summed E-state index contributed by atoms with van der Waals surface area (Å²) >= 11 is 0. The van der Waals surface area contributed by atoms with Crippen LogP contribution < -0.4 is 5.56 Å². The molecule has 0 amide bonds. The molecule has 5 heteroatoms. The second kappa shape index (κ2) is 5.63. The van der Waals surface area contributed by atoms with Gasteiger partial charge >= 0.3 is 0 Å². The normalized spacial score (nSPS) is 26.6. The Balaban J connectivity index is 2.06.